The van der Waals surface area contributed by atoms with E-state index in [0.29, 0.717) is 42.6 Å². The normalized spacial score (nSPS) is 18.9. The van der Waals surface area contributed by atoms with Gasteiger partial charge in [0.25, 0.3) is 11.5 Å². The van der Waals surface area contributed by atoms with Crippen LogP contribution in [-0.2, 0) is 11.8 Å². The van der Waals surface area contributed by atoms with Gasteiger partial charge >= 0.3 is 0 Å². The first-order valence-corrected chi connectivity index (χ1v) is 12.2. The number of rotatable bonds is 5. The minimum Gasteiger partial charge on any atom is -0.370 e. The topological polar surface area (TPSA) is 102 Å². The Bertz CT molecular complexity index is 1220. The summed E-state index contributed by atoms with van der Waals surface area (Å²) in [4.78, 5) is 40.3. The predicted octanol–water partition coefficient (Wildman–Crippen LogP) is 2.88. The molecule has 1 atom stereocenters. The van der Waals surface area contributed by atoms with Crippen molar-refractivity contribution < 1.29 is 9.53 Å². The van der Waals surface area contributed by atoms with Crippen LogP contribution in [0.1, 0.15) is 54.1 Å². The number of ether oxygens (including phenoxy) is 1. The standard InChI is InChI=1S/C26H30N6O3/c1-31-24(33)15-22(21-11-12-27-17-28-21)30-26(31)32-13-14-35-23(16-32)18-7-9-19(10-8-18)25(34)29-20-5-3-2-4-6-20/h7-12,15,17,20,23H,2-6,13-14,16H2,1H3,(H,29,34)/t23-/m1/s1. The fraction of sp³-hybridized carbons (Fsp3) is 0.423. The van der Waals surface area contributed by atoms with E-state index in [4.69, 9.17) is 9.72 Å². The van der Waals surface area contributed by atoms with E-state index in [9.17, 15) is 9.59 Å². The molecule has 9 heteroatoms. The van der Waals surface area contributed by atoms with Crippen molar-refractivity contribution in [2.45, 2.75) is 44.2 Å². The number of hydrogen-bond donors (Lipinski definition) is 1. The van der Waals surface area contributed by atoms with Crippen LogP contribution >= 0.6 is 0 Å². The highest BCUT2D eigenvalue weighted by Crippen LogP contribution is 2.26. The van der Waals surface area contributed by atoms with Gasteiger partial charge in [-0.1, -0.05) is 31.4 Å². The van der Waals surface area contributed by atoms with Crippen molar-refractivity contribution in [1.82, 2.24) is 24.8 Å². The summed E-state index contributed by atoms with van der Waals surface area (Å²) >= 11 is 0. The molecule has 1 saturated heterocycles. The number of nitrogens with one attached hydrogen (secondary N) is 1. The Hall–Kier alpha value is -3.59. The molecule has 2 fully saturated rings. The maximum absolute atomic E-state index is 12.7. The maximum atomic E-state index is 12.7. The van der Waals surface area contributed by atoms with Gasteiger partial charge in [0.2, 0.25) is 5.95 Å². The molecule has 3 heterocycles. The molecular formula is C26H30N6O3. The molecule has 1 aliphatic carbocycles. The zero-order valence-corrected chi connectivity index (χ0v) is 19.9. The van der Waals surface area contributed by atoms with Gasteiger partial charge in [-0.15, -0.1) is 0 Å². The van der Waals surface area contributed by atoms with Gasteiger partial charge in [-0.3, -0.25) is 14.2 Å². The van der Waals surface area contributed by atoms with Crippen molar-refractivity contribution in [3.63, 3.8) is 0 Å². The van der Waals surface area contributed by atoms with Crippen LogP contribution in [0.15, 0.2) is 53.7 Å². The highest BCUT2D eigenvalue weighted by atomic mass is 16.5. The monoisotopic (exact) mass is 474 g/mol. The lowest BCUT2D eigenvalue weighted by Crippen LogP contribution is -2.41. The number of benzene rings is 1. The van der Waals surface area contributed by atoms with E-state index in [1.165, 1.54) is 31.7 Å². The van der Waals surface area contributed by atoms with Crippen LogP contribution in [0.5, 0.6) is 0 Å². The van der Waals surface area contributed by atoms with Gasteiger partial charge in [0.15, 0.2) is 0 Å². The number of hydrogen-bond acceptors (Lipinski definition) is 7. The first-order valence-electron chi connectivity index (χ1n) is 12.2. The first kappa shape index (κ1) is 23.2. The van der Waals surface area contributed by atoms with E-state index < -0.39 is 0 Å². The Morgan fingerprint density at radius 3 is 2.63 bits per heavy atom. The molecule has 1 aromatic carbocycles. The fourth-order valence-corrected chi connectivity index (χ4v) is 4.78. The molecule has 0 bridgehead atoms. The third kappa shape index (κ3) is 5.24. The predicted molar refractivity (Wildman–Crippen MR) is 132 cm³/mol. The van der Waals surface area contributed by atoms with Gasteiger partial charge in [-0.25, -0.2) is 15.0 Å². The maximum Gasteiger partial charge on any atom is 0.255 e. The molecule has 2 aliphatic rings. The quantitative estimate of drug-likeness (QED) is 0.607. The SMILES string of the molecule is Cn1c(N2CCO[C@@H](c3ccc(C(=O)NC4CCCCC4)cc3)C2)nc(-c2ccncn2)cc1=O. The van der Waals surface area contributed by atoms with E-state index in [1.54, 1.807) is 23.9 Å². The van der Waals surface area contributed by atoms with Crippen molar-refractivity contribution in [1.29, 1.82) is 0 Å². The summed E-state index contributed by atoms with van der Waals surface area (Å²) < 4.78 is 7.59. The minimum absolute atomic E-state index is 0.0182. The van der Waals surface area contributed by atoms with Crippen LogP contribution in [-0.4, -0.2) is 51.2 Å². The number of carbonyl (C=O) groups excluding carboxylic acids is 1. The number of amides is 1. The van der Waals surface area contributed by atoms with Crippen LogP contribution < -0.4 is 15.8 Å². The van der Waals surface area contributed by atoms with Crippen molar-refractivity contribution in [3.05, 3.63) is 70.4 Å². The van der Waals surface area contributed by atoms with Gasteiger partial charge in [-0.05, 0) is 36.6 Å². The van der Waals surface area contributed by atoms with E-state index >= 15 is 0 Å². The molecule has 0 spiro atoms. The van der Waals surface area contributed by atoms with Crippen molar-refractivity contribution in [2.75, 3.05) is 24.6 Å². The lowest BCUT2D eigenvalue weighted by atomic mass is 9.95. The Kier molecular flexibility index (Phi) is 6.85. The fourth-order valence-electron chi connectivity index (χ4n) is 4.78. The van der Waals surface area contributed by atoms with Crippen LogP contribution in [0.4, 0.5) is 5.95 Å². The number of anilines is 1. The molecule has 1 N–H and O–H groups in total. The van der Waals surface area contributed by atoms with Gasteiger partial charge in [0.1, 0.15) is 12.4 Å². The molecule has 2 aromatic heterocycles. The lowest BCUT2D eigenvalue weighted by Gasteiger charge is -2.34. The third-order valence-electron chi connectivity index (χ3n) is 6.79. The largest absolute Gasteiger partial charge is 0.370 e. The number of carbonyl (C=O) groups is 1. The summed E-state index contributed by atoms with van der Waals surface area (Å²) in [5, 5.41) is 3.16. The average Bonchev–Trinajstić information content (AvgIpc) is 2.91. The molecule has 35 heavy (non-hydrogen) atoms. The number of aromatic nitrogens is 4. The van der Waals surface area contributed by atoms with Crippen LogP contribution in [0.3, 0.4) is 0 Å². The summed E-state index contributed by atoms with van der Waals surface area (Å²) in [7, 11) is 1.72. The summed E-state index contributed by atoms with van der Waals surface area (Å²) in [5.41, 5.74) is 2.61. The lowest BCUT2D eigenvalue weighted by molar-refractivity contribution is 0.0389. The van der Waals surface area contributed by atoms with Crippen LogP contribution in [0, 0.1) is 0 Å². The molecule has 5 rings (SSSR count). The second-order valence-electron chi connectivity index (χ2n) is 9.17. The average molecular weight is 475 g/mol. The molecular weight excluding hydrogens is 444 g/mol. The molecule has 182 valence electrons. The first-order chi connectivity index (χ1) is 17.1. The molecule has 1 amide bonds. The second kappa shape index (κ2) is 10.4. The molecule has 0 radical (unpaired) electrons. The van der Waals surface area contributed by atoms with E-state index in [1.807, 2.05) is 24.3 Å². The number of nitrogens with zero attached hydrogens (tertiary/aromatic N) is 5. The van der Waals surface area contributed by atoms with Crippen molar-refractivity contribution in [2.24, 2.45) is 7.05 Å². The minimum atomic E-state index is -0.196. The van der Waals surface area contributed by atoms with Crippen LogP contribution in [0.25, 0.3) is 11.4 Å². The highest BCUT2D eigenvalue weighted by Gasteiger charge is 2.26. The molecule has 9 nitrogen and oxygen atoms in total. The zero-order valence-electron chi connectivity index (χ0n) is 19.9. The van der Waals surface area contributed by atoms with Gasteiger partial charge in [0.05, 0.1) is 24.5 Å². The van der Waals surface area contributed by atoms with Gasteiger partial charge < -0.3 is 15.0 Å². The summed E-state index contributed by atoms with van der Waals surface area (Å²) in [6, 6.07) is 11.1. The van der Waals surface area contributed by atoms with E-state index in [2.05, 4.69) is 20.2 Å². The number of morpholine rings is 1. The smallest absolute Gasteiger partial charge is 0.255 e. The Balaban J connectivity index is 1.31. The summed E-state index contributed by atoms with van der Waals surface area (Å²) in [5.74, 6) is 0.554. The van der Waals surface area contributed by atoms with Gasteiger partial charge in [0, 0.05) is 37.5 Å². The third-order valence-corrected chi connectivity index (χ3v) is 6.79. The van der Waals surface area contributed by atoms with Crippen LogP contribution in [0.2, 0.25) is 0 Å². The Morgan fingerprint density at radius 1 is 1.09 bits per heavy atom. The second-order valence-corrected chi connectivity index (χ2v) is 9.17. The zero-order chi connectivity index (χ0) is 24.2. The molecule has 3 aromatic rings. The molecule has 1 aliphatic heterocycles. The Morgan fingerprint density at radius 2 is 1.89 bits per heavy atom. The van der Waals surface area contributed by atoms with E-state index in [0.717, 1.165) is 18.4 Å². The van der Waals surface area contributed by atoms with Crippen molar-refractivity contribution in [3.8, 4) is 11.4 Å². The summed E-state index contributed by atoms with van der Waals surface area (Å²) in [6.07, 6.45) is 8.62. The highest BCUT2D eigenvalue weighted by molar-refractivity contribution is 5.94. The van der Waals surface area contributed by atoms with Gasteiger partial charge in [-0.2, -0.15) is 0 Å². The molecule has 0 unspecified atom stereocenters. The van der Waals surface area contributed by atoms with Crippen molar-refractivity contribution >= 4 is 11.9 Å². The van der Waals surface area contributed by atoms with E-state index in [-0.39, 0.29) is 23.6 Å². The molecule has 1 saturated carbocycles. The summed E-state index contributed by atoms with van der Waals surface area (Å²) in [6.45, 7) is 1.66. The Labute approximate surface area is 204 Å².